The summed E-state index contributed by atoms with van der Waals surface area (Å²) in [5.74, 6) is -3.59. The Labute approximate surface area is 179 Å². The van der Waals surface area contributed by atoms with E-state index in [9.17, 15) is 18.0 Å². The van der Waals surface area contributed by atoms with Gasteiger partial charge in [0.05, 0.1) is 0 Å². The van der Waals surface area contributed by atoms with E-state index in [2.05, 4.69) is 5.32 Å². The number of hydrogen-bond acceptors (Lipinski definition) is 3. The standard InChI is InChI=1S/C21H28ClF3N2O3/c22-15-12-13-17-18(14-15)30-21(29-17,20(23,24)25)27-19(28)26-16-10-8-6-4-2-1-3-5-7-9-11-16/h12-14,16H,1-11H2,(H2,26,27,28). The van der Waals surface area contributed by atoms with Gasteiger partial charge in [-0.05, 0) is 25.0 Å². The molecule has 9 heteroatoms. The van der Waals surface area contributed by atoms with Crippen LogP contribution in [0.4, 0.5) is 18.0 Å². The largest absolute Gasteiger partial charge is 0.492 e. The molecule has 1 aliphatic heterocycles. The molecule has 1 aromatic rings. The highest BCUT2D eigenvalue weighted by Crippen LogP contribution is 2.46. The van der Waals surface area contributed by atoms with Crippen LogP contribution in [0, 0.1) is 0 Å². The molecular formula is C21H28ClF3N2O3. The molecule has 0 radical (unpaired) electrons. The zero-order chi connectivity index (χ0) is 21.6. The summed E-state index contributed by atoms with van der Waals surface area (Å²) < 4.78 is 51.4. The first kappa shape index (κ1) is 22.8. The van der Waals surface area contributed by atoms with Crippen molar-refractivity contribution in [1.29, 1.82) is 0 Å². The summed E-state index contributed by atoms with van der Waals surface area (Å²) in [4.78, 5) is 12.5. The third-order valence-electron chi connectivity index (χ3n) is 5.50. The maximum Gasteiger partial charge on any atom is 0.492 e. The molecule has 0 aromatic heterocycles. The van der Waals surface area contributed by atoms with Crippen molar-refractivity contribution in [3.05, 3.63) is 23.2 Å². The molecule has 1 heterocycles. The monoisotopic (exact) mass is 448 g/mol. The highest BCUT2D eigenvalue weighted by atomic mass is 35.5. The van der Waals surface area contributed by atoms with E-state index in [1.807, 2.05) is 5.32 Å². The van der Waals surface area contributed by atoms with E-state index in [4.69, 9.17) is 21.1 Å². The number of alkyl halides is 3. The molecule has 1 unspecified atom stereocenters. The van der Waals surface area contributed by atoms with E-state index in [1.54, 1.807) is 0 Å². The number of amides is 2. The van der Waals surface area contributed by atoms with Crippen molar-refractivity contribution in [2.75, 3.05) is 0 Å². The normalized spacial score (nSPS) is 23.9. The van der Waals surface area contributed by atoms with Crippen molar-refractivity contribution >= 4 is 17.6 Å². The Hall–Kier alpha value is -1.83. The van der Waals surface area contributed by atoms with E-state index in [0.29, 0.717) is 0 Å². The predicted molar refractivity (Wildman–Crippen MR) is 108 cm³/mol. The third-order valence-corrected chi connectivity index (χ3v) is 5.74. The highest BCUT2D eigenvalue weighted by molar-refractivity contribution is 6.30. The molecule has 1 fully saturated rings. The number of nitrogens with one attached hydrogen (secondary N) is 2. The van der Waals surface area contributed by atoms with Crippen molar-refractivity contribution in [2.45, 2.75) is 88.8 Å². The van der Waals surface area contributed by atoms with Gasteiger partial charge in [-0.25, -0.2) is 4.79 Å². The van der Waals surface area contributed by atoms with Gasteiger partial charge in [-0.1, -0.05) is 69.4 Å². The number of fused-ring (bicyclic) bond motifs is 1. The molecule has 0 bridgehead atoms. The number of hydrogen-bond donors (Lipinski definition) is 2. The molecular weight excluding hydrogens is 421 g/mol. The maximum absolute atomic E-state index is 13.8. The van der Waals surface area contributed by atoms with Crippen LogP contribution in [0.5, 0.6) is 11.5 Å². The molecule has 30 heavy (non-hydrogen) atoms. The molecule has 1 aliphatic carbocycles. The zero-order valence-corrected chi connectivity index (χ0v) is 17.6. The lowest BCUT2D eigenvalue weighted by Crippen LogP contribution is -2.66. The Balaban J connectivity index is 1.64. The first-order valence-electron chi connectivity index (χ1n) is 10.6. The lowest BCUT2D eigenvalue weighted by Gasteiger charge is -2.30. The Morgan fingerprint density at radius 3 is 2.03 bits per heavy atom. The topological polar surface area (TPSA) is 59.6 Å². The molecule has 2 N–H and O–H groups in total. The van der Waals surface area contributed by atoms with Gasteiger partial charge in [0.1, 0.15) is 0 Å². The fourth-order valence-corrected chi connectivity index (χ4v) is 4.05. The number of halogens is 4. The van der Waals surface area contributed by atoms with Gasteiger partial charge >= 0.3 is 18.1 Å². The number of urea groups is 1. The fraction of sp³-hybridized carbons (Fsp3) is 0.667. The van der Waals surface area contributed by atoms with Gasteiger partial charge in [0, 0.05) is 17.1 Å². The molecule has 1 saturated carbocycles. The fourth-order valence-electron chi connectivity index (χ4n) is 3.89. The molecule has 0 saturated heterocycles. The summed E-state index contributed by atoms with van der Waals surface area (Å²) in [6.45, 7) is 0. The minimum atomic E-state index is -5.00. The van der Waals surface area contributed by atoms with E-state index in [0.717, 1.165) is 51.4 Å². The van der Waals surface area contributed by atoms with Crippen LogP contribution >= 0.6 is 11.6 Å². The predicted octanol–water partition coefficient (Wildman–Crippen LogP) is 6.30. The molecule has 2 amide bonds. The summed E-state index contributed by atoms with van der Waals surface area (Å²) in [5.41, 5.74) is 0. The van der Waals surface area contributed by atoms with Gasteiger partial charge in [-0.15, -0.1) is 0 Å². The second kappa shape index (κ2) is 9.98. The summed E-state index contributed by atoms with van der Waals surface area (Å²) in [7, 11) is 0. The Morgan fingerprint density at radius 2 is 1.47 bits per heavy atom. The van der Waals surface area contributed by atoms with Gasteiger partial charge in [-0.2, -0.15) is 13.2 Å². The molecule has 1 aromatic carbocycles. The Kier molecular flexibility index (Phi) is 7.60. The Bertz CT molecular complexity index is 720. The SMILES string of the molecule is O=C(NC1CCCCCCCCCCC1)NC1(C(F)(F)F)Oc2ccc(Cl)cc2O1. The van der Waals surface area contributed by atoms with Gasteiger partial charge in [0.25, 0.3) is 0 Å². The number of carbonyl (C=O) groups excluding carboxylic acids is 1. The van der Waals surface area contributed by atoms with Gasteiger partial charge < -0.3 is 14.8 Å². The minimum absolute atomic E-state index is 0.136. The van der Waals surface area contributed by atoms with E-state index >= 15 is 0 Å². The number of benzene rings is 1. The first-order valence-corrected chi connectivity index (χ1v) is 11.0. The van der Waals surface area contributed by atoms with Crippen molar-refractivity contribution in [2.24, 2.45) is 0 Å². The number of carbonyl (C=O) groups is 1. The average molecular weight is 449 g/mol. The van der Waals surface area contributed by atoms with Crippen LogP contribution < -0.4 is 20.1 Å². The number of rotatable bonds is 2. The lowest BCUT2D eigenvalue weighted by molar-refractivity contribution is -0.317. The lowest BCUT2D eigenvalue weighted by atomic mass is 9.98. The van der Waals surface area contributed by atoms with E-state index in [1.165, 1.54) is 37.5 Å². The highest BCUT2D eigenvalue weighted by Gasteiger charge is 2.65. The average Bonchev–Trinajstić information content (AvgIpc) is 3.02. The second-order valence-electron chi connectivity index (χ2n) is 7.96. The van der Waals surface area contributed by atoms with Crippen molar-refractivity contribution < 1.29 is 27.4 Å². The molecule has 0 spiro atoms. The zero-order valence-electron chi connectivity index (χ0n) is 16.8. The van der Waals surface area contributed by atoms with Crippen LogP contribution in [0.2, 0.25) is 5.02 Å². The number of ether oxygens (including phenoxy) is 2. The second-order valence-corrected chi connectivity index (χ2v) is 8.40. The van der Waals surface area contributed by atoms with E-state index < -0.39 is 18.1 Å². The van der Waals surface area contributed by atoms with Crippen molar-refractivity contribution in [3.8, 4) is 11.5 Å². The molecule has 2 aliphatic rings. The van der Waals surface area contributed by atoms with Crippen LogP contribution in [0.1, 0.15) is 70.6 Å². The van der Waals surface area contributed by atoms with E-state index in [-0.39, 0.29) is 22.6 Å². The summed E-state index contributed by atoms with van der Waals surface area (Å²) in [6, 6.07) is 2.73. The summed E-state index contributed by atoms with van der Waals surface area (Å²) in [5, 5.41) is 4.77. The van der Waals surface area contributed by atoms with Crippen LogP contribution in [-0.2, 0) is 0 Å². The van der Waals surface area contributed by atoms with Crippen molar-refractivity contribution in [1.82, 2.24) is 10.6 Å². The quantitative estimate of drug-likeness (QED) is 0.558. The summed E-state index contributed by atoms with van der Waals surface area (Å²) >= 11 is 5.82. The molecule has 5 nitrogen and oxygen atoms in total. The van der Waals surface area contributed by atoms with Crippen LogP contribution in [0.3, 0.4) is 0 Å². The van der Waals surface area contributed by atoms with Crippen molar-refractivity contribution in [3.63, 3.8) is 0 Å². The molecule has 3 rings (SSSR count). The van der Waals surface area contributed by atoms with Crippen LogP contribution in [0.15, 0.2) is 18.2 Å². The molecule has 168 valence electrons. The first-order chi connectivity index (χ1) is 14.3. The van der Waals surface area contributed by atoms with Gasteiger partial charge in [-0.3, -0.25) is 5.32 Å². The van der Waals surface area contributed by atoms with Crippen LogP contribution in [-0.4, -0.2) is 24.2 Å². The molecule has 1 atom stereocenters. The minimum Gasteiger partial charge on any atom is -0.424 e. The third kappa shape index (κ3) is 5.86. The maximum atomic E-state index is 13.8. The Morgan fingerprint density at radius 1 is 0.933 bits per heavy atom. The van der Waals surface area contributed by atoms with Gasteiger partial charge in [0.15, 0.2) is 11.5 Å². The van der Waals surface area contributed by atoms with Crippen LogP contribution in [0.25, 0.3) is 0 Å². The summed E-state index contributed by atoms with van der Waals surface area (Å²) in [6.07, 6.45) is 6.48. The van der Waals surface area contributed by atoms with Gasteiger partial charge in [0.2, 0.25) is 0 Å². The smallest absolute Gasteiger partial charge is 0.424 e.